The smallest absolute Gasteiger partial charge is 0.224 e. The number of aliphatic hydroxyl groups is 1. The minimum atomic E-state index is -0.353. The van der Waals surface area contributed by atoms with Crippen molar-refractivity contribution in [2.45, 2.75) is 76.2 Å². The molecule has 7 nitrogen and oxygen atoms in total. The van der Waals surface area contributed by atoms with Crippen LogP contribution in [0.3, 0.4) is 0 Å². The number of nitrogens with zero attached hydrogens (tertiary/aromatic N) is 2. The normalized spacial score (nSPS) is 28.7. The first-order chi connectivity index (χ1) is 12.6. The molecule has 0 saturated heterocycles. The minimum Gasteiger partial charge on any atom is -0.399 e. The van der Waals surface area contributed by atoms with E-state index in [1.807, 2.05) is 6.92 Å². The van der Waals surface area contributed by atoms with Gasteiger partial charge in [-0.05, 0) is 51.9 Å². The van der Waals surface area contributed by atoms with Crippen LogP contribution in [0.25, 0.3) is 5.70 Å². The molecule has 7 heteroatoms. The lowest BCUT2D eigenvalue weighted by molar-refractivity contribution is 0.0346. The molecule has 3 rings (SSSR count). The van der Waals surface area contributed by atoms with Crippen molar-refractivity contribution in [2.75, 3.05) is 17.2 Å². The van der Waals surface area contributed by atoms with Crippen LogP contribution in [0, 0.1) is 0 Å². The SMILES string of the molecule is C=C(N)c1cnc(NC2CCC(OCC)CC2)nc1N[C@H]1CCC[C@@H]1O. The van der Waals surface area contributed by atoms with Gasteiger partial charge in [-0.25, -0.2) is 4.98 Å². The fourth-order valence-electron chi connectivity index (χ4n) is 3.87. The zero-order valence-corrected chi connectivity index (χ0v) is 15.6. The average Bonchev–Trinajstić information content (AvgIpc) is 3.02. The maximum Gasteiger partial charge on any atom is 0.224 e. The van der Waals surface area contributed by atoms with E-state index in [-0.39, 0.29) is 12.1 Å². The van der Waals surface area contributed by atoms with Crippen LogP contribution in [0.1, 0.15) is 57.4 Å². The van der Waals surface area contributed by atoms with E-state index in [0.29, 0.717) is 35.2 Å². The van der Waals surface area contributed by atoms with Gasteiger partial charge in [-0.3, -0.25) is 0 Å². The first kappa shape index (κ1) is 18.9. The summed E-state index contributed by atoms with van der Waals surface area (Å²) in [7, 11) is 0. The monoisotopic (exact) mass is 361 g/mol. The summed E-state index contributed by atoms with van der Waals surface area (Å²) in [6.45, 7) is 6.63. The molecule has 0 amide bonds. The van der Waals surface area contributed by atoms with Gasteiger partial charge in [-0.2, -0.15) is 4.98 Å². The lowest BCUT2D eigenvalue weighted by atomic mass is 9.93. The third kappa shape index (κ3) is 4.65. The van der Waals surface area contributed by atoms with E-state index in [2.05, 4.69) is 27.2 Å². The summed E-state index contributed by atoms with van der Waals surface area (Å²) in [5.74, 6) is 1.23. The molecule has 0 aromatic carbocycles. The van der Waals surface area contributed by atoms with E-state index < -0.39 is 0 Å². The Balaban J connectivity index is 1.66. The summed E-state index contributed by atoms with van der Waals surface area (Å²) >= 11 is 0. The molecular weight excluding hydrogens is 330 g/mol. The van der Waals surface area contributed by atoms with Crippen LogP contribution in [0.4, 0.5) is 11.8 Å². The van der Waals surface area contributed by atoms with Gasteiger partial charge >= 0.3 is 0 Å². The summed E-state index contributed by atoms with van der Waals surface area (Å²) in [6, 6.07) is 0.348. The van der Waals surface area contributed by atoms with Gasteiger partial charge in [0.25, 0.3) is 0 Å². The van der Waals surface area contributed by atoms with Crippen molar-refractivity contribution in [1.82, 2.24) is 9.97 Å². The van der Waals surface area contributed by atoms with Crippen molar-refractivity contribution in [3.63, 3.8) is 0 Å². The number of nitrogens with two attached hydrogens (primary N) is 1. The average molecular weight is 361 g/mol. The van der Waals surface area contributed by atoms with Crippen molar-refractivity contribution in [3.05, 3.63) is 18.3 Å². The van der Waals surface area contributed by atoms with Gasteiger partial charge in [-0.1, -0.05) is 6.58 Å². The Bertz CT molecular complexity index is 616. The molecule has 2 aliphatic carbocycles. The highest BCUT2D eigenvalue weighted by molar-refractivity contribution is 5.71. The minimum absolute atomic E-state index is 0.00233. The summed E-state index contributed by atoms with van der Waals surface area (Å²) in [6.07, 6.45) is 8.68. The number of hydrogen-bond acceptors (Lipinski definition) is 7. The van der Waals surface area contributed by atoms with Crippen molar-refractivity contribution >= 4 is 17.5 Å². The number of rotatable bonds is 7. The van der Waals surface area contributed by atoms with E-state index in [1.54, 1.807) is 6.20 Å². The van der Waals surface area contributed by atoms with E-state index in [4.69, 9.17) is 10.5 Å². The summed E-state index contributed by atoms with van der Waals surface area (Å²) < 4.78 is 5.71. The van der Waals surface area contributed by atoms with E-state index in [0.717, 1.165) is 51.6 Å². The number of anilines is 2. The standard InChI is InChI=1S/C19H31N5O2/c1-3-26-14-9-7-13(8-10-14)22-19-21-11-15(12(2)20)18(24-19)23-16-5-4-6-17(16)25/h11,13-14,16-17,25H,2-10,20H2,1H3,(H2,21,22,23,24)/t13?,14?,16-,17-/m0/s1. The largest absolute Gasteiger partial charge is 0.399 e. The second-order valence-corrected chi connectivity index (χ2v) is 7.30. The Morgan fingerprint density at radius 2 is 2.04 bits per heavy atom. The Morgan fingerprint density at radius 3 is 2.65 bits per heavy atom. The van der Waals surface area contributed by atoms with Crippen molar-refractivity contribution in [2.24, 2.45) is 5.73 Å². The van der Waals surface area contributed by atoms with Gasteiger partial charge in [0.15, 0.2) is 0 Å². The van der Waals surface area contributed by atoms with Crippen LogP contribution in [0.5, 0.6) is 0 Å². The molecule has 0 radical (unpaired) electrons. The van der Waals surface area contributed by atoms with E-state index in [9.17, 15) is 5.11 Å². The highest BCUT2D eigenvalue weighted by atomic mass is 16.5. The van der Waals surface area contributed by atoms with Crippen molar-refractivity contribution in [1.29, 1.82) is 0 Å². The fourth-order valence-corrected chi connectivity index (χ4v) is 3.87. The fraction of sp³-hybridized carbons (Fsp3) is 0.684. The Labute approximate surface area is 155 Å². The van der Waals surface area contributed by atoms with Crippen LogP contribution in [0.2, 0.25) is 0 Å². The topological polar surface area (TPSA) is 105 Å². The van der Waals surface area contributed by atoms with Crippen molar-refractivity contribution < 1.29 is 9.84 Å². The van der Waals surface area contributed by atoms with Gasteiger partial charge in [0.05, 0.1) is 23.8 Å². The third-order valence-corrected chi connectivity index (χ3v) is 5.35. The zero-order chi connectivity index (χ0) is 18.5. The maximum absolute atomic E-state index is 10.1. The molecule has 0 aliphatic heterocycles. The van der Waals surface area contributed by atoms with Crippen LogP contribution in [0.15, 0.2) is 12.8 Å². The van der Waals surface area contributed by atoms with Crippen LogP contribution in [-0.2, 0) is 4.74 Å². The van der Waals surface area contributed by atoms with Gasteiger partial charge in [0.1, 0.15) is 5.82 Å². The molecular formula is C19H31N5O2. The first-order valence-electron chi connectivity index (χ1n) is 9.71. The van der Waals surface area contributed by atoms with E-state index >= 15 is 0 Å². The number of ether oxygens (including phenoxy) is 1. The Morgan fingerprint density at radius 1 is 1.27 bits per heavy atom. The lowest BCUT2D eigenvalue weighted by Crippen LogP contribution is -2.31. The van der Waals surface area contributed by atoms with Crippen LogP contribution >= 0.6 is 0 Å². The molecule has 5 N–H and O–H groups in total. The van der Waals surface area contributed by atoms with Gasteiger partial charge < -0.3 is 26.2 Å². The number of nitrogens with one attached hydrogen (secondary N) is 2. The molecule has 144 valence electrons. The Hall–Kier alpha value is -1.86. The van der Waals surface area contributed by atoms with Crippen molar-refractivity contribution in [3.8, 4) is 0 Å². The summed E-state index contributed by atoms with van der Waals surface area (Å²) in [4.78, 5) is 9.03. The number of aliphatic hydroxyl groups excluding tert-OH is 1. The molecule has 0 bridgehead atoms. The molecule has 2 atom stereocenters. The first-order valence-corrected chi connectivity index (χ1v) is 9.71. The van der Waals surface area contributed by atoms with Crippen LogP contribution < -0.4 is 16.4 Å². The van der Waals surface area contributed by atoms with Gasteiger partial charge in [0, 0.05) is 24.5 Å². The lowest BCUT2D eigenvalue weighted by Gasteiger charge is -2.29. The van der Waals surface area contributed by atoms with Gasteiger partial charge in [0.2, 0.25) is 5.95 Å². The molecule has 1 aromatic rings. The molecule has 2 aliphatic rings. The second-order valence-electron chi connectivity index (χ2n) is 7.30. The van der Waals surface area contributed by atoms with E-state index in [1.165, 1.54) is 0 Å². The predicted molar refractivity (Wildman–Crippen MR) is 104 cm³/mol. The highest BCUT2D eigenvalue weighted by Crippen LogP contribution is 2.27. The molecule has 0 spiro atoms. The number of aromatic nitrogens is 2. The molecule has 1 heterocycles. The summed E-state index contributed by atoms with van der Waals surface area (Å²) in [5, 5.41) is 16.9. The van der Waals surface area contributed by atoms with Crippen LogP contribution in [-0.4, -0.2) is 46.0 Å². The second kappa shape index (κ2) is 8.68. The molecule has 26 heavy (non-hydrogen) atoms. The molecule has 1 aromatic heterocycles. The number of hydrogen-bond donors (Lipinski definition) is 4. The predicted octanol–water partition coefficient (Wildman–Crippen LogP) is 2.49. The Kier molecular flexibility index (Phi) is 6.32. The van der Waals surface area contributed by atoms with Gasteiger partial charge in [-0.15, -0.1) is 0 Å². The molecule has 2 fully saturated rings. The maximum atomic E-state index is 10.1. The quantitative estimate of drug-likeness (QED) is 0.591. The molecule has 0 unspecified atom stereocenters. The third-order valence-electron chi connectivity index (χ3n) is 5.35. The summed E-state index contributed by atoms with van der Waals surface area (Å²) in [5.41, 5.74) is 7.00. The molecule has 2 saturated carbocycles. The highest BCUT2D eigenvalue weighted by Gasteiger charge is 2.27. The zero-order valence-electron chi connectivity index (χ0n) is 15.6.